The molecule has 0 aromatic rings. The molecule has 0 amide bonds. The van der Waals surface area contributed by atoms with Crippen LogP contribution in [0.1, 0.15) is 59.3 Å². The molecule has 6 nitrogen and oxygen atoms in total. The van der Waals surface area contributed by atoms with Gasteiger partial charge in [-0.05, 0) is 59.8 Å². The summed E-state index contributed by atoms with van der Waals surface area (Å²) < 4.78 is 23.6. The van der Waals surface area contributed by atoms with E-state index in [9.17, 15) is 9.32 Å². The van der Waals surface area contributed by atoms with Gasteiger partial charge in [-0.3, -0.25) is 9.63 Å². The summed E-state index contributed by atoms with van der Waals surface area (Å²) >= 11 is 0. The van der Waals surface area contributed by atoms with Gasteiger partial charge in [0.25, 0.3) is 0 Å². The van der Waals surface area contributed by atoms with Crippen molar-refractivity contribution in [3.63, 3.8) is 0 Å². The highest BCUT2D eigenvalue weighted by molar-refractivity contribution is 5.73. The van der Waals surface area contributed by atoms with Crippen molar-refractivity contribution in [2.45, 2.75) is 77.2 Å². The molecule has 2 saturated carbocycles. The lowest BCUT2D eigenvalue weighted by Gasteiger charge is -2.60. The first-order valence-corrected chi connectivity index (χ1v) is 10.2. The number of nitrogens with one attached hydrogen (secondary N) is 1. The van der Waals surface area contributed by atoms with Crippen molar-refractivity contribution in [2.75, 3.05) is 13.7 Å². The zero-order valence-corrected chi connectivity index (χ0v) is 16.8. The Morgan fingerprint density at radius 1 is 1.30 bits per heavy atom. The fourth-order valence-corrected chi connectivity index (χ4v) is 6.52. The molecule has 4 aliphatic rings. The maximum Gasteiger partial charge on any atom is 0.311 e. The van der Waals surface area contributed by atoms with E-state index < -0.39 is 0 Å². The molecule has 0 aromatic heterocycles. The average Bonchev–Trinajstić information content (AvgIpc) is 3.53. The molecule has 1 spiro atoms. The molecule has 2 saturated heterocycles. The largest absolute Gasteiger partial charge is 0.469 e. The molecule has 0 radical (unpaired) electrons. The van der Waals surface area contributed by atoms with E-state index in [1.165, 1.54) is 7.11 Å². The normalized spacial score (nSPS) is 45.8. The molecule has 0 aromatic carbocycles. The lowest BCUT2D eigenvalue weighted by Crippen LogP contribution is -2.59. The summed E-state index contributed by atoms with van der Waals surface area (Å²) in [6.45, 7) is 7.21. The number of fused-ring (bicyclic) bond motifs is 1. The maximum absolute atomic E-state index is 13.2. The molecule has 7 atom stereocenters. The van der Waals surface area contributed by atoms with Gasteiger partial charge in [0.1, 0.15) is 6.10 Å². The third-order valence-electron chi connectivity index (χ3n) is 8.18. The first-order valence-electron chi connectivity index (χ1n) is 10.2. The second kappa shape index (κ2) is 6.65. The quantitative estimate of drug-likeness (QED) is 0.558. The lowest BCUT2D eigenvalue weighted by molar-refractivity contribution is -0.260. The molecule has 27 heavy (non-hydrogen) atoms. The molecule has 7 heteroatoms. The van der Waals surface area contributed by atoms with Gasteiger partial charge in [0.2, 0.25) is 0 Å². The molecule has 2 aliphatic carbocycles. The fourth-order valence-electron chi connectivity index (χ4n) is 6.52. The molecule has 1 N–H and O–H groups in total. The number of methoxy groups -OCH3 is 1. The van der Waals surface area contributed by atoms with Crippen molar-refractivity contribution in [2.24, 2.45) is 28.6 Å². The van der Waals surface area contributed by atoms with Crippen LogP contribution in [0.5, 0.6) is 0 Å². The smallest absolute Gasteiger partial charge is 0.311 e. The standard InChI is InChI=1S/C20H32FNO5/c1-18(2)14-7-10-20(22-27-20)15(19(14,3)9-8-16(18)26-21)6-5-12(13-11-25-13)17(23)24-4/h12-16,22H,5-11H2,1-4H3/t12?,13-,14?,15-,16?,19?,20+/m1/s1. The summed E-state index contributed by atoms with van der Waals surface area (Å²) in [4.78, 5) is 22.3. The Balaban J connectivity index is 1.55. The number of carbonyl (C=O) groups excluding carboxylic acids is 1. The van der Waals surface area contributed by atoms with Crippen molar-refractivity contribution < 1.29 is 28.6 Å². The van der Waals surface area contributed by atoms with Crippen molar-refractivity contribution in [3.8, 4) is 0 Å². The van der Waals surface area contributed by atoms with Crippen molar-refractivity contribution in [1.29, 1.82) is 0 Å². The molecule has 4 fully saturated rings. The van der Waals surface area contributed by atoms with Crippen LogP contribution in [0.4, 0.5) is 4.53 Å². The molecule has 154 valence electrons. The van der Waals surface area contributed by atoms with Crippen LogP contribution >= 0.6 is 0 Å². The summed E-state index contributed by atoms with van der Waals surface area (Å²) in [5.41, 5.74) is 2.64. The third-order valence-corrected chi connectivity index (χ3v) is 8.18. The number of halogens is 1. The van der Waals surface area contributed by atoms with Crippen LogP contribution in [0.3, 0.4) is 0 Å². The first-order chi connectivity index (χ1) is 12.8. The molecule has 2 aliphatic heterocycles. The average molecular weight is 385 g/mol. The molecule has 4 unspecified atom stereocenters. The van der Waals surface area contributed by atoms with Gasteiger partial charge in [-0.25, -0.2) is 0 Å². The van der Waals surface area contributed by atoms with E-state index in [1.54, 1.807) is 0 Å². The second-order valence-electron chi connectivity index (χ2n) is 9.76. The minimum Gasteiger partial charge on any atom is -0.469 e. The third kappa shape index (κ3) is 3.11. The Morgan fingerprint density at radius 3 is 2.56 bits per heavy atom. The van der Waals surface area contributed by atoms with E-state index in [0.29, 0.717) is 18.9 Å². The van der Waals surface area contributed by atoms with Crippen LogP contribution in [0.2, 0.25) is 0 Å². The van der Waals surface area contributed by atoms with Crippen LogP contribution in [-0.4, -0.2) is 37.6 Å². The van der Waals surface area contributed by atoms with Gasteiger partial charge in [-0.1, -0.05) is 20.8 Å². The predicted molar refractivity (Wildman–Crippen MR) is 94.7 cm³/mol. The van der Waals surface area contributed by atoms with Gasteiger partial charge < -0.3 is 9.47 Å². The van der Waals surface area contributed by atoms with Gasteiger partial charge in [-0.15, -0.1) is 0 Å². The Hall–Kier alpha value is -0.760. The van der Waals surface area contributed by atoms with Crippen LogP contribution in [-0.2, 0) is 24.0 Å². The topological polar surface area (TPSA) is 82.5 Å². The second-order valence-corrected chi connectivity index (χ2v) is 9.76. The zero-order valence-electron chi connectivity index (χ0n) is 16.8. The summed E-state index contributed by atoms with van der Waals surface area (Å²) in [5.74, 6) is 0.196. The fraction of sp³-hybridized carbons (Fsp3) is 0.950. The van der Waals surface area contributed by atoms with Crippen LogP contribution < -0.4 is 5.48 Å². The summed E-state index contributed by atoms with van der Waals surface area (Å²) in [6, 6.07) is 0. The van der Waals surface area contributed by atoms with Crippen molar-refractivity contribution in [3.05, 3.63) is 0 Å². The number of epoxide rings is 1. The van der Waals surface area contributed by atoms with Gasteiger partial charge in [-0.2, -0.15) is 10.4 Å². The SMILES string of the molecule is COC(=O)C(CC[C@@H]1C2(C)CCC(OF)C(C)(C)C2CC[C@@]12NO2)[C@H]1CO1. The predicted octanol–water partition coefficient (Wildman–Crippen LogP) is 3.31. The van der Waals surface area contributed by atoms with E-state index in [-0.39, 0.29) is 46.6 Å². The van der Waals surface area contributed by atoms with Crippen molar-refractivity contribution in [1.82, 2.24) is 5.48 Å². The highest BCUT2D eigenvalue weighted by Crippen LogP contribution is 2.65. The molecular weight excluding hydrogens is 353 g/mol. The number of ether oxygens (including phenoxy) is 2. The van der Waals surface area contributed by atoms with Gasteiger partial charge in [0.05, 0.1) is 25.7 Å². The number of hydroxylamine groups is 1. The van der Waals surface area contributed by atoms with Gasteiger partial charge in [0, 0.05) is 5.92 Å². The van der Waals surface area contributed by atoms with Crippen LogP contribution in [0.25, 0.3) is 0 Å². The summed E-state index contributed by atoms with van der Waals surface area (Å²) in [6.07, 6.45) is 4.70. The van der Waals surface area contributed by atoms with Crippen LogP contribution in [0.15, 0.2) is 0 Å². The number of hydrogen-bond acceptors (Lipinski definition) is 6. The molecule has 0 bridgehead atoms. The number of hydrogen-bond donors (Lipinski definition) is 1. The summed E-state index contributed by atoms with van der Waals surface area (Å²) in [5, 5.41) is 0. The minimum absolute atomic E-state index is 0.00531. The molecule has 4 rings (SSSR count). The Morgan fingerprint density at radius 2 is 2.00 bits per heavy atom. The number of carbonyl (C=O) groups is 1. The number of esters is 1. The van der Waals surface area contributed by atoms with E-state index in [2.05, 4.69) is 31.2 Å². The van der Waals surface area contributed by atoms with Crippen LogP contribution in [0, 0.1) is 28.6 Å². The Kier molecular flexibility index (Phi) is 4.81. The first kappa shape index (κ1) is 19.6. The zero-order chi connectivity index (χ0) is 19.4. The van der Waals surface area contributed by atoms with Crippen molar-refractivity contribution >= 4 is 5.97 Å². The van der Waals surface area contributed by atoms with Gasteiger partial charge >= 0.3 is 5.97 Å². The van der Waals surface area contributed by atoms with E-state index in [0.717, 1.165) is 32.1 Å². The van der Waals surface area contributed by atoms with E-state index in [4.69, 9.17) is 14.3 Å². The van der Waals surface area contributed by atoms with Gasteiger partial charge in [0.15, 0.2) is 5.72 Å². The summed E-state index contributed by atoms with van der Waals surface area (Å²) in [7, 11) is 1.43. The monoisotopic (exact) mass is 385 g/mol. The molecular formula is C20H32FNO5. The Bertz CT molecular complexity index is 591. The maximum atomic E-state index is 13.2. The number of rotatable bonds is 6. The van der Waals surface area contributed by atoms with E-state index in [1.807, 2.05) is 0 Å². The van der Waals surface area contributed by atoms with E-state index >= 15 is 0 Å². The minimum atomic E-state index is -0.360. The highest BCUT2D eigenvalue weighted by atomic mass is 19.3. The Labute approximate surface area is 160 Å². The highest BCUT2D eigenvalue weighted by Gasteiger charge is 2.67. The lowest BCUT2D eigenvalue weighted by atomic mass is 9.45. The molecule has 2 heterocycles.